The topological polar surface area (TPSA) is 48.3 Å². The van der Waals surface area contributed by atoms with Crippen LogP contribution in [0.25, 0.3) is 16.6 Å². The van der Waals surface area contributed by atoms with E-state index in [4.69, 9.17) is 4.74 Å². The van der Waals surface area contributed by atoms with E-state index in [0.29, 0.717) is 10.9 Å². The van der Waals surface area contributed by atoms with Crippen LogP contribution in [0.4, 0.5) is 0 Å². The van der Waals surface area contributed by atoms with E-state index < -0.39 is 5.97 Å². The van der Waals surface area contributed by atoms with Gasteiger partial charge in [-0.3, -0.25) is 4.79 Å². The fraction of sp³-hybridized carbons (Fsp3) is 0.200. The van der Waals surface area contributed by atoms with Crippen LogP contribution in [0.3, 0.4) is 0 Å². The molecule has 0 saturated heterocycles. The van der Waals surface area contributed by atoms with Gasteiger partial charge in [-0.05, 0) is 43.2 Å². The monoisotopic (exact) mass is 321 g/mol. The van der Waals surface area contributed by atoms with Crippen LogP contribution in [0.1, 0.15) is 28.5 Å². The van der Waals surface area contributed by atoms with E-state index in [1.165, 1.54) is 7.11 Å². The van der Waals surface area contributed by atoms with Gasteiger partial charge in [0.15, 0.2) is 5.43 Å². The fourth-order valence-electron chi connectivity index (χ4n) is 2.96. The number of pyridine rings is 1. The Morgan fingerprint density at radius 1 is 1.12 bits per heavy atom. The third kappa shape index (κ3) is 2.50. The lowest BCUT2D eigenvalue weighted by Crippen LogP contribution is -2.22. The summed E-state index contributed by atoms with van der Waals surface area (Å²) < 4.78 is 6.76. The lowest BCUT2D eigenvalue weighted by atomic mass is 10.0. The number of methoxy groups -OCH3 is 1. The average molecular weight is 321 g/mol. The highest BCUT2D eigenvalue weighted by Gasteiger charge is 2.21. The van der Waals surface area contributed by atoms with E-state index in [9.17, 15) is 9.59 Å². The van der Waals surface area contributed by atoms with Gasteiger partial charge >= 0.3 is 5.97 Å². The molecule has 0 radical (unpaired) electrons. The minimum atomic E-state index is -0.516. The average Bonchev–Trinajstić information content (AvgIpc) is 2.64. The first-order valence-corrected chi connectivity index (χ1v) is 7.90. The van der Waals surface area contributed by atoms with Gasteiger partial charge in [-0.25, -0.2) is 4.79 Å². The molecular formula is C20H19NO3. The Hall–Kier alpha value is -2.88. The zero-order valence-corrected chi connectivity index (χ0v) is 14.0. The first-order valence-electron chi connectivity index (χ1n) is 7.90. The molecule has 0 spiro atoms. The van der Waals surface area contributed by atoms with E-state index in [2.05, 4.69) is 6.92 Å². The predicted octanol–water partition coefficient (Wildman–Crippen LogP) is 3.65. The van der Waals surface area contributed by atoms with Crippen LogP contribution in [0.5, 0.6) is 0 Å². The molecule has 0 N–H and O–H groups in total. The molecular weight excluding hydrogens is 302 g/mol. The number of hydrogen-bond acceptors (Lipinski definition) is 3. The molecule has 0 aliphatic heterocycles. The smallest absolute Gasteiger partial charge is 0.355 e. The number of carbonyl (C=O) groups is 1. The molecule has 24 heavy (non-hydrogen) atoms. The molecule has 0 amide bonds. The van der Waals surface area contributed by atoms with Crippen molar-refractivity contribution in [1.82, 2.24) is 4.57 Å². The maximum absolute atomic E-state index is 12.7. The lowest BCUT2D eigenvalue weighted by molar-refractivity contribution is 0.0590. The van der Waals surface area contributed by atoms with Crippen molar-refractivity contribution in [2.45, 2.75) is 20.3 Å². The van der Waals surface area contributed by atoms with Gasteiger partial charge in [0.2, 0.25) is 0 Å². The van der Waals surface area contributed by atoms with Crippen LogP contribution in [0.15, 0.2) is 53.3 Å². The van der Waals surface area contributed by atoms with Crippen molar-refractivity contribution in [3.05, 3.63) is 75.6 Å². The maximum Gasteiger partial charge on any atom is 0.355 e. The Labute approximate surface area is 140 Å². The largest absolute Gasteiger partial charge is 0.464 e. The molecule has 122 valence electrons. The molecule has 0 aliphatic rings. The molecule has 0 bridgehead atoms. The van der Waals surface area contributed by atoms with Crippen LogP contribution in [-0.4, -0.2) is 17.6 Å². The van der Waals surface area contributed by atoms with Gasteiger partial charge in [0.25, 0.3) is 0 Å². The number of aryl methyl sites for hydroxylation is 1. The van der Waals surface area contributed by atoms with E-state index >= 15 is 0 Å². The first-order chi connectivity index (χ1) is 11.6. The fourth-order valence-corrected chi connectivity index (χ4v) is 2.96. The van der Waals surface area contributed by atoms with Crippen molar-refractivity contribution >= 4 is 16.9 Å². The zero-order chi connectivity index (χ0) is 17.3. The molecule has 0 aliphatic carbocycles. The number of aromatic nitrogens is 1. The highest BCUT2D eigenvalue weighted by molar-refractivity contribution is 5.95. The molecule has 4 heteroatoms. The molecule has 0 atom stereocenters. The van der Waals surface area contributed by atoms with Gasteiger partial charge < -0.3 is 9.30 Å². The van der Waals surface area contributed by atoms with Crippen LogP contribution in [0, 0.1) is 6.92 Å². The quantitative estimate of drug-likeness (QED) is 0.692. The van der Waals surface area contributed by atoms with Crippen molar-refractivity contribution in [3.8, 4) is 5.69 Å². The first kappa shape index (κ1) is 16.0. The van der Waals surface area contributed by atoms with Crippen molar-refractivity contribution in [3.63, 3.8) is 0 Å². The minimum Gasteiger partial charge on any atom is -0.464 e. The number of hydrogen-bond donors (Lipinski definition) is 0. The molecule has 0 unspecified atom stereocenters. The maximum atomic E-state index is 12.7. The molecule has 3 rings (SSSR count). The summed E-state index contributed by atoms with van der Waals surface area (Å²) in [6.07, 6.45) is 0.848. The Balaban J connectivity index is 2.54. The zero-order valence-electron chi connectivity index (χ0n) is 14.0. The number of ether oxygens (including phenoxy) is 1. The van der Waals surface area contributed by atoms with Crippen LogP contribution in [0.2, 0.25) is 0 Å². The number of carbonyl (C=O) groups excluding carboxylic acids is 1. The van der Waals surface area contributed by atoms with Gasteiger partial charge in [-0.15, -0.1) is 0 Å². The normalized spacial score (nSPS) is 10.8. The SMILES string of the molecule is CCc1ccc2c(=O)c(C)c(C(=O)OC)n(-c3ccccc3)c2c1. The van der Waals surface area contributed by atoms with Crippen LogP contribution >= 0.6 is 0 Å². The van der Waals surface area contributed by atoms with E-state index in [-0.39, 0.29) is 11.1 Å². The standard InChI is InChI=1S/C20H19NO3/c1-4-14-10-11-16-17(12-14)21(15-8-6-5-7-9-15)18(20(23)24-3)13(2)19(16)22/h5-12H,4H2,1-3H3. The number of nitrogens with zero attached hydrogens (tertiary/aromatic N) is 1. The van der Waals surface area contributed by atoms with Crippen molar-refractivity contribution in [2.75, 3.05) is 7.11 Å². The number of para-hydroxylation sites is 1. The highest BCUT2D eigenvalue weighted by Crippen LogP contribution is 2.23. The summed E-state index contributed by atoms with van der Waals surface area (Å²) in [6, 6.07) is 15.3. The summed E-state index contributed by atoms with van der Waals surface area (Å²) in [7, 11) is 1.33. The molecule has 0 saturated carbocycles. The summed E-state index contributed by atoms with van der Waals surface area (Å²) >= 11 is 0. The summed E-state index contributed by atoms with van der Waals surface area (Å²) in [5, 5.41) is 0.598. The molecule has 0 fully saturated rings. The van der Waals surface area contributed by atoms with Gasteiger partial charge in [-0.2, -0.15) is 0 Å². The van der Waals surface area contributed by atoms with Gasteiger partial charge in [0.05, 0.1) is 12.6 Å². The summed E-state index contributed by atoms with van der Waals surface area (Å²) in [5.74, 6) is -0.516. The van der Waals surface area contributed by atoms with E-state index in [1.54, 1.807) is 6.92 Å². The number of fused-ring (bicyclic) bond motifs is 1. The third-order valence-corrected chi connectivity index (χ3v) is 4.27. The van der Waals surface area contributed by atoms with E-state index in [0.717, 1.165) is 23.2 Å². The molecule has 1 heterocycles. The van der Waals surface area contributed by atoms with Crippen LogP contribution in [-0.2, 0) is 11.2 Å². The summed E-state index contributed by atoms with van der Waals surface area (Å²) in [6.45, 7) is 3.72. The Kier molecular flexibility index (Phi) is 4.21. The second-order valence-corrected chi connectivity index (χ2v) is 5.67. The second-order valence-electron chi connectivity index (χ2n) is 5.67. The number of esters is 1. The van der Waals surface area contributed by atoms with Crippen molar-refractivity contribution < 1.29 is 9.53 Å². The molecule has 3 aromatic rings. The third-order valence-electron chi connectivity index (χ3n) is 4.27. The minimum absolute atomic E-state index is 0.139. The van der Waals surface area contributed by atoms with Crippen molar-refractivity contribution in [2.24, 2.45) is 0 Å². The van der Waals surface area contributed by atoms with Crippen LogP contribution < -0.4 is 5.43 Å². The number of rotatable bonds is 3. The lowest BCUT2D eigenvalue weighted by Gasteiger charge is -2.18. The predicted molar refractivity (Wildman–Crippen MR) is 95.0 cm³/mol. The Bertz CT molecular complexity index is 972. The molecule has 1 aromatic heterocycles. The highest BCUT2D eigenvalue weighted by atomic mass is 16.5. The second kappa shape index (κ2) is 6.32. The van der Waals surface area contributed by atoms with Gasteiger partial charge in [-0.1, -0.05) is 31.2 Å². The molecule has 4 nitrogen and oxygen atoms in total. The van der Waals surface area contributed by atoms with Gasteiger partial charge in [0.1, 0.15) is 5.69 Å². The number of benzene rings is 2. The van der Waals surface area contributed by atoms with Gasteiger partial charge in [0, 0.05) is 16.6 Å². The summed E-state index contributed by atoms with van der Waals surface area (Å²) in [5.41, 5.74) is 3.17. The Morgan fingerprint density at radius 3 is 2.46 bits per heavy atom. The van der Waals surface area contributed by atoms with Crippen molar-refractivity contribution in [1.29, 1.82) is 0 Å². The summed E-state index contributed by atoms with van der Waals surface area (Å²) in [4.78, 5) is 25.1. The van der Waals surface area contributed by atoms with E-state index in [1.807, 2.05) is 53.1 Å². The molecule has 2 aromatic carbocycles. The Morgan fingerprint density at radius 2 is 1.83 bits per heavy atom.